The van der Waals surface area contributed by atoms with E-state index in [1.807, 2.05) is 6.07 Å². The second kappa shape index (κ2) is 4.91. The quantitative estimate of drug-likeness (QED) is 0.745. The molecule has 0 aliphatic heterocycles. The summed E-state index contributed by atoms with van der Waals surface area (Å²) in [4.78, 5) is 20.4. The van der Waals surface area contributed by atoms with Crippen molar-refractivity contribution in [1.82, 2.24) is 14.5 Å². The van der Waals surface area contributed by atoms with Gasteiger partial charge in [-0.15, -0.1) is 0 Å². The van der Waals surface area contributed by atoms with Gasteiger partial charge in [0.2, 0.25) is 0 Å². The van der Waals surface area contributed by atoms with Crippen LogP contribution in [-0.2, 0) is 0 Å². The van der Waals surface area contributed by atoms with Crippen molar-refractivity contribution in [1.29, 1.82) is 0 Å². The molecule has 1 aliphatic carbocycles. The summed E-state index contributed by atoms with van der Waals surface area (Å²) in [5, 5.41) is 0. The molecular weight excluding hydrogens is 285 g/mol. The molecule has 2 aromatic heterocycles. The van der Waals surface area contributed by atoms with Crippen LogP contribution in [0.15, 0.2) is 52.1 Å². The number of hydrogen-bond donors (Lipinski definition) is 0. The van der Waals surface area contributed by atoms with Crippen molar-refractivity contribution in [2.24, 2.45) is 0 Å². The molecule has 1 saturated carbocycles. The zero-order valence-electron chi connectivity index (χ0n) is 11.6. The third-order valence-electron chi connectivity index (χ3n) is 3.70. The number of oxazole rings is 1. The third kappa shape index (κ3) is 2.22. The van der Waals surface area contributed by atoms with Crippen molar-refractivity contribution in [2.45, 2.75) is 18.8 Å². The molecule has 0 amide bonds. The first kappa shape index (κ1) is 12.9. The number of aromatic nitrogens is 3. The molecule has 0 radical (unpaired) electrons. The number of nitrogens with zero attached hydrogens (tertiary/aromatic N) is 3. The molecule has 2 heterocycles. The maximum atomic E-state index is 13.0. The first-order valence-corrected chi connectivity index (χ1v) is 7.02. The van der Waals surface area contributed by atoms with Crippen LogP contribution in [0.2, 0.25) is 0 Å². The molecule has 1 aliphatic rings. The van der Waals surface area contributed by atoms with Gasteiger partial charge in [-0.05, 0) is 43.2 Å². The Bertz CT molecular complexity index is 879. The van der Waals surface area contributed by atoms with E-state index in [1.165, 1.54) is 23.1 Å². The fraction of sp³-hybridized carbons (Fsp3) is 0.188. The average molecular weight is 297 g/mol. The van der Waals surface area contributed by atoms with Crippen molar-refractivity contribution in [3.8, 4) is 17.1 Å². The summed E-state index contributed by atoms with van der Waals surface area (Å²) < 4.78 is 19.7. The molecule has 110 valence electrons. The Morgan fingerprint density at radius 2 is 1.95 bits per heavy atom. The molecule has 0 N–H and O–H groups in total. The number of halogens is 1. The van der Waals surface area contributed by atoms with Gasteiger partial charge in [0.05, 0.1) is 5.69 Å². The van der Waals surface area contributed by atoms with E-state index in [-0.39, 0.29) is 11.5 Å². The van der Waals surface area contributed by atoms with Gasteiger partial charge in [0.1, 0.15) is 5.82 Å². The summed E-state index contributed by atoms with van der Waals surface area (Å²) in [6.07, 6.45) is 5.09. The maximum Gasteiger partial charge on any atom is 0.353 e. The summed E-state index contributed by atoms with van der Waals surface area (Å²) in [5.74, 6) is 0.836. The first-order chi connectivity index (χ1) is 10.7. The molecule has 5 nitrogen and oxygen atoms in total. The normalized spacial score (nSPS) is 14.2. The molecule has 0 atom stereocenters. The molecule has 3 aromatic rings. The minimum atomic E-state index is -0.387. The molecular formula is C16H12FN3O2. The van der Waals surface area contributed by atoms with E-state index in [4.69, 9.17) is 4.42 Å². The van der Waals surface area contributed by atoms with E-state index in [0.717, 1.165) is 18.5 Å². The Labute approximate surface area is 125 Å². The van der Waals surface area contributed by atoms with Gasteiger partial charge in [-0.25, -0.2) is 13.8 Å². The average Bonchev–Trinajstić information content (AvgIpc) is 3.26. The van der Waals surface area contributed by atoms with Gasteiger partial charge in [-0.3, -0.25) is 0 Å². The number of rotatable bonds is 3. The largest absolute Gasteiger partial charge is 0.441 e. The molecule has 22 heavy (non-hydrogen) atoms. The molecule has 4 rings (SSSR count). The minimum Gasteiger partial charge on any atom is -0.441 e. The van der Waals surface area contributed by atoms with E-state index in [1.54, 1.807) is 18.3 Å². The Kier molecular flexibility index (Phi) is 2.89. The predicted octanol–water partition coefficient (Wildman–Crippen LogP) is 2.90. The SMILES string of the molecule is O=c1nc(C2CC2)ccn1-c1ncoc1-c1ccc(F)cc1. The zero-order chi connectivity index (χ0) is 15.1. The highest BCUT2D eigenvalue weighted by Gasteiger charge is 2.26. The zero-order valence-corrected chi connectivity index (χ0v) is 11.6. The highest BCUT2D eigenvalue weighted by Crippen LogP contribution is 2.38. The summed E-state index contributed by atoms with van der Waals surface area (Å²) >= 11 is 0. The standard InChI is InChI=1S/C16H12FN3O2/c17-12-5-3-11(4-6-12)14-15(18-9-22-14)20-8-7-13(10-1-2-10)19-16(20)21/h3-10H,1-2H2. The summed E-state index contributed by atoms with van der Waals surface area (Å²) in [6.45, 7) is 0. The van der Waals surface area contributed by atoms with Crippen LogP contribution >= 0.6 is 0 Å². The van der Waals surface area contributed by atoms with Crippen molar-refractivity contribution < 1.29 is 8.81 Å². The molecule has 1 aromatic carbocycles. The lowest BCUT2D eigenvalue weighted by atomic mass is 10.1. The summed E-state index contributed by atoms with van der Waals surface area (Å²) in [6, 6.07) is 7.66. The van der Waals surface area contributed by atoms with Crippen LogP contribution in [0.3, 0.4) is 0 Å². The molecule has 1 fully saturated rings. The topological polar surface area (TPSA) is 60.9 Å². The second-order valence-corrected chi connectivity index (χ2v) is 5.29. The van der Waals surface area contributed by atoms with Crippen molar-refractivity contribution in [3.05, 3.63) is 64.9 Å². The lowest BCUT2D eigenvalue weighted by Gasteiger charge is -2.05. The summed E-state index contributed by atoms with van der Waals surface area (Å²) in [7, 11) is 0. The van der Waals surface area contributed by atoms with Gasteiger partial charge in [-0.2, -0.15) is 9.97 Å². The van der Waals surface area contributed by atoms with E-state index in [2.05, 4.69) is 9.97 Å². The Balaban J connectivity index is 1.79. The molecule has 6 heteroatoms. The van der Waals surface area contributed by atoms with Crippen molar-refractivity contribution >= 4 is 0 Å². The van der Waals surface area contributed by atoms with Crippen molar-refractivity contribution in [2.75, 3.05) is 0 Å². The predicted molar refractivity (Wildman–Crippen MR) is 77.3 cm³/mol. The second-order valence-electron chi connectivity index (χ2n) is 5.29. The Hall–Kier alpha value is -2.76. The van der Waals surface area contributed by atoms with Crippen LogP contribution in [0.4, 0.5) is 4.39 Å². The fourth-order valence-electron chi connectivity index (χ4n) is 2.39. The highest BCUT2D eigenvalue weighted by atomic mass is 19.1. The molecule has 0 bridgehead atoms. The van der Waals surface area contributed by atoms with E-state index in [9.17, 15) is 9.18 Å². The van der Waals surface area contributed by atoms with Crippen LogP contribution < -0.4 is 5.69 Å². The van der Waals surface area contributed by atoms with Gasteiger partial charge in [-0.1, -0.05) is 0 Å². The van der Waals surface area contributed by atoms with Crippen molar-refractivity contribution in [3.63, 3.8) is 0 Å². The number of benzene rings is 1. The van der Waals surface area contributed by atoms with Crippen LogP contribution in [0.5, 0.6) is 0 Å². The summed E-state index contributed by atoms with van der Waals surface area (Å²) in [5.41, 5.74) is 1.09. The first-order valence-electron chi connectivity index (χ1n) is 7.02. The van der Waals surface area contributed by atoms with Gasteiger partial charge in [0, 0.05) is 17.7 Å². The van der Waals surface area contributed by atoms with Gasteiger partial charge < -0.3 is 4.42 Å². The van der Waals surface area contributed by atoms with Crippen LogP contribution in [0, 0.1) is 5.82 Å². The van der Waals surface area contributed by atoms with Crippen LogP contribution in [0.1, 0.15) is 24.5 Å². The lowest BCUT2D eigenvalue weighted by Crippen LogP contribution is -2.22. The lowest BCUT2D eigenvalue weighted by molar-refractivity contribution is 0.570. The third-order valence-corrected chi connectivity index (χ3v) is 3.70. The smallest absolute Gasteiger partial charge is 0.353 e. The molecule has 0 saturated heterocycles. The van der Waals surface area contributed by atoms with E-state index < -0.39 is 0 Å². The number of hydrogen-bond acceptors (Lipinski definition) is 4. The van der Waals surface area contributed by atoms with E-state index >= 15 is 0 Å². The Morgan fingerprint density at radius 1 is 1.18 bits per heavy atom. The van der Waals surface area contributed by atoms with Gasteiger partial charge >= 0.3 is 5.69 Å². The van der Waals surface area contributed by atoms with Gasteiger partial charge in [0.15, 0.2) is 18.0 Å². The monoisotopic (exact) mass is 297 g/mol. The fourth-order valence-corrected chi connectivity index (χ4v) is 2.39. The molecule has 0 spiro atoms. The highest BCUT2D eigenvalue weighted by molar-refractivity contribution is 5.64. The maximum absolute atomic E-state index is 13.0. The Morgan fingerprint density at radius 3 is 2.64 bits per heavy atom. The minimum absolute atomic E-state index is 0.336. The van der Waals surface area contributed by atoms with Crippen LogP contribution in [-0.4, -0.2) is 14.5 Å². The molecule has 0 unspecified atom stereocenters. The van der Waals surface area contributed by atoms with Crippen LogP contribution in [0.25, 0.3) is 17.1 Å². The van der Waals surface area contributed by atoms with Gasteiger partial charge in [0.25, 0.3) is 0 Å². The van der Waals surface area contributed by atoms with E-state index in [0.29, 0.717) is 23.1 Å².